The molecular weight excluding hydrogens is 284 g/mol. The second kappa shape index (κ2) is 4.96. The Labute approximate surface area is 106 Å². The fourth-order valence-electron chi connectivity index (χ4n) is 1.32. The van der Waals surface area contributed by atoms with Gasteiger partial charge in [-0.25, -0.2) is 0 Å². The summed E-state index contributed by atoms with van der Waals surface area (Å²) in [6, 6.07) is 5.21. The molecule has 5 N–H and O–H groups in total. The number of hydrogen-bond donors (Lipinski definition) is 3. The highest BCUT2D eigenvalue weighted by Gasteiger charge is 2.07. The molecule has 0 fully saturated rings. The summed E-state index contributed by atoms with van der Waals surface area (Å²) in [4.78, 5) is 0. The van der Waals surface area contributed by atoms with Crippen LogP contribution in [0.25, 0.3) is 0 Å². The number of nitrogens with two attached hydrogens (primary N) is 2. The quantitative estimate of drug-likeness (QED) is 0.460. The second-order valence-electron chi connectivity index (χ2n) is 3.34. The van der Waals surface area contributed by atoms with Crippen molar-refractivity contribution in [3.8, 4) is 0 Å². The van der Waals surface area contributed by atoms with E-state index in [4.69, 9.17) is 11.5 Å². The Morgan fingerprint density at radius 1 is 1.24 bits per heavy atom. The van der Waals surface area contributed by atoms with E-state index in [1.165, 1.54) is 0 Å². The van der Waals surface area contributed by atoms with Crippen molar-refractivity contribution in [2.24, 2.45) is 10.2 Å². The standard InChI is InChI=1S/C10H11BrN6/c11-5-6-8(2-1-7(12)10(6)13)15-17-9-3-4-14-16-9/h1-4H,5,12-13H2,(H,14,16). The lowest BCUT2D eigenvalue weighted by Crippen LogP contribution is -1.98. The van der Waals surface area contributed by atoms with Crippen LogP contribution in [0.4, 0.5) is 22.9 Å². The number of H-pyrrole nitrogens is 1. The molecule has 0 saturated heterocycles. The highest BCUT2D eigenvalue weighted by molar-refractivity contribution is 9.08. The number of aromatic nitrogens is 2. The van der Waals surface area contributed by atoms with Crippen molar-refractivity contribution in [2.45, 2.75) is 5.33 Å². The van der Waals surface area contributed by atoms with E-state index in [0.717, 1.165) is 5.56 Å². The van der Waals surface area contributed by atoms with Crippen LogP contribution in [0, 0.1) is 0 Å². The molecule has 17 heavy (non-hydrogen) atoms. The molecule has 0 spiro atoms. The van der Waals surface area contributed by atoms with Gasteiger partial charge in [-0.2, -0.15) is 5.10 Å². The Bertz CT molecular complexity index is 534. The molecule has 1 aromatic heterocycles. The third-order valence-corrected chi connectivity index (χ3v) is 2.81. The van der Waals surface area contributed by atoms with Crippen LogP contribution in [0.3, 0.4) is 0 Å². The minimum atomic E-state index is 0.530. The maximum Gasteiger partial charge on any atom is 0.170 e. The Kier molecular flexibility index (Phi) is 3.38. The first-order valence-corrected chi connectivity index (χ1v) is 5.98. The molecule has 0 saturated carbocycles. The number of rotatable bonds is 3. The molecule has 2 rings (SSSR count). The molecule has 0 radical (unpaired) electrons. The van der Waals surface area contributed by atoms with Crippen LogP contribution in [-0.4, -0.2) is 10.2 Å². The predicted octanol–water partition coefficient (Wildman–Crippen LogP) is 2.88. The molecule has 1 heterocycles. The summed E-state index contributed by atoms with van der Waals surface area (Å²) in [6.07, 6.45) is 1.61. The smallest absolute Gasteiger partial charge is 0.170 e. The Hall–Kier alpha value is -1.89. The molecular formula is C10H11BrN6. The first kappa shape index (κ1) is 11.6. The number of aromatic amines is 1. The van der Waals surface area contributed by atoms with Crippen LogP contribution in [0.2, 0.25) is 0 Å². The van der Waals surface area contributed by atoms with Crippen molar-refractivity contribution >= 4 is 38.8 Å². The van der Waals surface area contributed by atoms with Crippen LogP contribution < -0.4 is 11.5 Å². The lowest BCUT2D eigenvalue weighted by atomic mass is 10.1. The van der Waals surface area contributed by atoms with E-state index in [1.807, 2.05) is 0 Å². The summed E-state index contributed by atoms with van der Waals surface area (Å²) in [5.41, 5.74) is 14.2. The first-order chi connectivity index (χ1) is 8.22. The van der Waals surface area contributed by atoms with E-state index in [2.05, 4.69) is 36.4 Å². The molecule has 88 valence electrons. The molecule has 0 unspecified atom stereocenters. The van der Waals surface area contributed by atoms with Crippen molar-refractivity contribution in [1.29, 1.82) is 0 Å². The van der Waals surface area contributed by atoms with Gasteiger partial charge in [-0.3, -0.25) is 5.10 Å². The number of halogens is 1. The number of anilines is 2. The Morgan fingerprint density at radius 2 is 2.06 bits per heavy atom. The van der Waals surface area contributed by atoms with Gasteiger partial charge in [0.25, 0.3) is 0 Å². The van der Waals surface area contributed by atoms with Gasteiger partial charge in [0.05, 0.1) is 23.3 Å². The van der Waals surface area contributed by atoms with E-state index in [1.54, 1.807) is 24.4 Å². The average molecular weight is 295 g/mol. The van der Waals surface area contributed by atoms with E-state index in [9.17, 15) is 0 Å². The maximum atomic E-state index is 5.87. The summed E-state index contributed by atoms with van der Waals surface area (Å²) in [5.74, 6) is 0.584. The molecule has 0 atom stereocenters. The van der Waals surface area contributed by atoms with Crippen molar-refractivity contribution < 1.29 is 0 Å². The summed E-state index contributed by atoms with van der Waals surface area (Å²) in [6.45, 7) is 0. The summed E-state index contributed by atoms with van der Waals surface area (Å²) < 4.78 is 0. The zero-order valence-electron chi connectivity index (χ0n) is 8.89. The number of nitrogens with one attached hydrogen (secondary N) is 1. The van der Waals surface area contributed by atoms with Crippen LogP contribution in [0.1, 0.15) is 5.56 Å². The zero-order chi connectivity index (χ0) is 12.3. The fourth-order valence-corrected chi connectivity index (χ4v) is 1.91. The lowest BCUT2D eigenvalue weighted by Gasteiger charge is -2.07. The summed E-state index contributed by atoms with van der Waals surface area (Å²) in [7, 11) is 0. The van der Waals surface area contributed by atoms with Crippen LogP contribution >= 0.6 is 15.9 Å². The average Bonchev–Trinajstić information content (AvgIpc) is 2.83. The molecule has 0 amide bonds. The normalized spacial score (nSPS) is 11.1. The molecule has 1 aromatic carbocycles. The minimum absolute atomic E-state index is 0.530. The topological polar surface area (TPSA) is 105 Å². The van der Waals surface area contributed by atoms with Gasteiger partial charge in [0, 0.05) is 17.0 Å². The molecule has 6 nitrogen and oxygen atoms in total. The highest BCUT2D eigenvalue weighted by Crippen LogP contribution is 2.32. The monoisotopic (exact) mass is 294 g/mol. The third-order valence-electron chi connectivity index (χ3n) is 2.25. The van der Waals surface area contributed by atoms with E-state index in [0.29, 0.717) is 28.2 Å². The molecule has 7 heteroatoms. The Balaban J connectivity index is 2.36. The SMILES string of the molecule is Nc1ccc(N=Nc2ccn[nH]2)c(CBr)c1N. The van der Waals surface area contributed by atoms with Crippen LogP contribution in [0.15, 0.2) is 34.6 Å². The van der Waals surface area contributed by atoms with E-state index >= 15 is 0 Å². The third kappa shape index (κ3) is 2.44. The van der Waals surface area contributed by atoms with Gasteiger partial charge in [0.1, 0.15) is 0 Å². The van der Waals surface area contributed by atoms with Gasteiger partial charge in [0.2, 0.25) is 0 Å². The molecule has 0 aliphatic heterocycles. The van der Waals surface area contributed by atoms with Crippen molar-refractivity contribution in [3.05, 3.63) is 30.0 Å². The predicted molar refractivity (Wildman–Crippen MR) is 70.7 cm³/mol. The number of hydrogen-bond acceptors (Lipinski definition) is 5. The number of nitrogen functional groups attached to an aromatic ring is 2. The van der Waals surface area contributed by atoms with Gasteiger partial charge >= 0.3 is 0 Å². The number of azo groups is 1. The number of benzene rings is 1. The molecule has 0 aliphatic carbocycles. The maximum absolute atomic E-state index is 5.87. The van der Waals surface area contributed by atoms with Crippen LogP contribution in [0.5, 0.6) is 0 Å². The molecule has 0 aliphatic rings. The fraction of sp³-hybridized carbons (Fsp3) is 0.100. The van der Waals surface area contributed by atoms with Gasteiger partial charge < -0.3 is 11.5 Å². The van der Waals surface area contributed by atoms with E-state index in [-0.39, 0.29) is 0 Å². The highest BCUT2D eigenvalue weighted by atomic mass is 79.9. The minimum Gasteiger partial charge on any atom is -0.397 e. The molecule has 2 aromatic rings. The number of nitrogens with zero attached hydrogens (tertiary/aromatic N) is 3. The van der Waals surface area contributed by atoms with Gasteiger partial charge in [-0.05, 0) is 12.1 Å². The summed E-state index contributed by atoms with van der Waals surface area (Å²) in [5, 5.41) is 15.2. The number of alkyl halides is 1. The van der Waals surface area contributed by atoms with Crippen molar-refractivity contribution in [1.82, 2.24) is 10.2 Å². The van der Waals surface area contributed by atoms with Crippen molar-refractivity contribution in [3.63, 3.8) is 0 Å². The van der Waals surface area contributed by atoms with Gasteiger partial charge in [-0.1, -0.05) is 15.9 Å². The van der Waals surface area contributed by atoms with Crippen molar-refractivity contribution in [2.75, 3.05) is 11.5 Å². The first-order valence-electron chi connectivity index (χ1n) is 4.86. The van der Waals surface area contributed by atoms with Crippen LogP contribution in [-0.2, 0) is 5.33 Å². The summed E-state index contributed by atoms with van der Waals surface area (Å²) >= 11 is 3.35. The molecule has 0 bridgehead atoms. The van der Waals surface area contributed by atoms with E-state index < -0.39 is 0 Å². The largest absolute Gasteiger partial charge is 0.397 e. The zero-order valence-corrected chi connectivity index (χ0v) is 10.5. The lowest BCUT2D eigenvalue weighted by molar-refractivity contribution is 1.05. The van der Waals surface area contributed by atoms with Gasteiger partial charge in [-0.15, -0.1) is 10.2 Å². The Morgan fingerprint density at radius 3 is 2.71 bits per heavy atom. The second-order valence-corrected chi connectivity index (χ2v) is 3.90. The van der Waals surface area contributed by atoms with Gasteiger partial charge in [0.15, 0.2) is 5.82 Å².